The van der Waals surface area contributed by atoms with E-state index in [4.69, 9.17) is 20.8 Å². The average molecular weight is 363 g/mol. The van der Waals surface area contributed by atoms with Crippen LogP contribution in [0.2, 0.25) is 5.02 Å². The van der Waals surface area contributed by atoms with Crippen LogP contribution in [0.4, 0.5) is 0 Å². The molecule has 0 saturated carbocycles. The van der Waals surface area contributed by atoms with Gasteiger partial charge in [-0.15, -0.1) is 0 Å². The molecule has 1 aromatic carbocycles. The van der Waals surface area contributed by atoms with Gasteiger partial charge in [0.2, 0.25) is 5.91 Å². The highest BCUT2D eigenvalue weighted by atomic mass is 35.5. The smallest absolute Gasteiger partial charge is 0.287 e. The Morgan fingerprint density at radius 2 is 2.16 bits per heavy atom. The molecule has 6 nitrogen and oxygen atoms in total. The number of ether oxygens (including phenoxy) is 1. The molecule has 1 saturated heterocycles. The predicted molar refractivity (Wildman–Crippen MR) is 93.5 cm³/mol. The highest BCUT2D eigenvalue weighted by Gasteiger charge is 2.31. The number of halogens is 1. The van der Waals surface area contributed by atoms with E-state index >= 15 is 0 Å². The summed E-state index contributed by atoms with van der Waals surface area (Å²) in [5, 5.41) is 3.40. The Bertz CT molecular complexity index is 774. The number of benzene rings is 1. The van der Waals surface area contributed by atoms with Gasteiger partial charge in [0.05, 0.1) is 17.7 Å². The van der Waals surface area contributed by atoms with Crippen LogP contribution in [0.15, 0.2) is 40.8 Å². The minimum atomic E-state index is -0.343. The number of carbonyl (C=O) groups is 2. The van der Waals surface area contributed by atoms with Gasteiger partial charge in [-0.2, -0.15) is 0 Å². The molecule has 132 valence electrons. The lowest BCUT2D eigenvalue weighted by molar-refractivity contribution is -0.128. The van der Waals surface area contributed by atoms with E-state index in [0.717, 1.165) is 5.56 Å². The Kier molecular flexibility index (Phi) is 5.40. The topological polar surface area (TPSA) is 71.8 Å². The van der Waals surface area contributed by atoms with Crippen molar-refractivity contribution in [3.63, 3.8) is 0 Å². The summed E-state index contributed by atoms with van der Waals surface area (Å²) in [6, 6.07) is 10.3. The molecule has 1 atom stereocenters. The quantitative estimate of drug-likeness (QED) is 0.857. The van der Waals surface area contributed by atoms with Crippen LogP contribution in [-0.4, -0.2) is 49.6 Å². The first-order chi connectivity index (χ1) is 12.1. The summed E-state index contributed by atoms with van der Waals surface area (Å²) in [7, 11) is 1.59. The van der Waals surface area contributed by atoms with E-state index in [1.165, 1.54) is 0 Å². The molecule has 2 amide bonds. The van der Waals surface area contributed by atoms with Crippen LogP contribution in [0.5, 0.6) is 0 Å². The number of hydrogen-bond donors (Lipinski definition) is 1. The first-order valence-corrected chi connectivity index (χ1v) is 8.38. The summed E-state index contributed by atoms with van der Waals surface area (Å²) < 4.78 is 10.6. The van der Waals surface area contributed by atoms with E-state index < -0.39 is 0 Å². The van der Waals surface area contributed by atoms with Gasteiger partial charge in [0, 0.05) is 32.2 Å². The SMILES string of the molecule is COCCN1CC(NC(=O)c2ccc(-c3ccccc3Cl)o2)CC1=O. The number of methoxy groups -OCH3 is 1. The van der Waals surface area contributed by atoms with Crippen LogP contribution in [0.1, 0.15) is 17.0 Å². The molecule has 0 radical (unpaired) electrons. The summed E-state index contributed by atoms with van der Waals surface area (Å²) >= 11 is 6.15. The van der Waals surface area contributed by atoms with Gasteiger partial charge in [-0.1, -0.05) is 23.7 Å². The third-order valence-electron chi connectivity index (χ3n) is 4.08. The van der Waals surface area contributed by atoms with Gasteiger partial charge >= 0.3 is 0 Å². The summed E-state index contributed by atoms with van der Waals surface area (Å²) in [5.74, 6) is 0.390. The lowest BCUT2D eigenvalue weighted by Gasteiger charge is -2.16. The monoisotopic (exact) mass is 362 g/mol. The van der Waals surface area contributed by atoms with E-state index in [9.17, 15) is 9.59 Å². The Labute approximate surface area is 150 Å². The molecular weight excluding hydrogens is 344 g/mol. The van der Waals surface area contributed by atoms with Gasteiger partial charge < -0.3 is 19.4 Å². The summed E-state index contributed by atoms with van der Waals surface area (Å²) in [5.41, 5.74) is 0.727. The van der Waals surface area contributed by atoms with Crippen molar-refractivity contribution in [2.45, 2.75) is 12.5 Å². The molecule has 1 aliphatic rings. The Morgan fingerprint density at radius 3 is 2.92 bits per heavy atom. The molecule has 1 aromatic heterocycles. The average Bonchev–Trinajstić information content (AvgIpc) is 3.20. The van der Waals surface area contributed by atoms with Gasteiger partial charge in [0.15, 0.2) is 5.76 Å². The molecule has 2 heterocycles. The maximum absolute atomic E-state index is 12.4. The molecule has 1 fully saturated rings. The van der Waals surface area contributed by atoms with Crippen molar-refractivity contribution in [1.29, 1.82) is 0 Å². The number of hydrogen-bond acceptors (Lipinski definition) is 4. The largest absolute Gasteiger partial charge is 0.451 e. The molecule has 0 aliphatic carbocycles. The Hall–Kier alpha value is -2.31. The number of furan rings is 1. The van der Waals surface area contributed by atoms with Crippen LogP contribution < -0.4 is 5.32 Å². The number of likely N-dealkylation sites (tertiary alicyclic amines) is 1. The van der Waals surface area contributed by atoms with E-state index in [1.807, 2.05) is 18.2 Å². The number of nitrogens with zero attached hydrogens (tertiary/aromatic N) is 1. The van der Waals surface area contributed by atoms with Crippen molar-refractivity contribution in [2.24, 2.45) is 0 Å². The zero-order valence-corrected chi connectivity index (χ0v) is 14.6. The summed E-state index contributed by atoms with van der Waals surface area (Å²) in [6.45, 7) is 1.48. The van der Waals surface area contributed by atoms with Gasteiger partial charge in [0.1, 0.15) is 5.76 Å². The molecule has 25 heavy (non-hydrogen) atoms. The minimum Gasteiger partial charge on any atom is -0.451 e. The van der Waals surface area contributed by atoms with Crippen LogP contribution in [0.25, 0.3) is 11.3 Å². The van der Waals surface area contributed by atoms with E-state index in [2.05, 4.69) is 5.32 Å². The fourth-order valence-electron chi connectivity index (χ4n) is 2.81. The second kappa shape index (κ2) is 7.72. The molecule has 2 aromatic rings. The molecule has 3 rings (SSSR count). The Morgan fingerprint density at radius 1 is 1.36 bits per heavy atom. The molecule has 1 N–H and O–H groups in total. The highest BCUT2D eigenvalue weighted by molar-refractivity contribution is 6.33. The molecule has 7 heteroatoms. The molecule has 0 spiro atoms. The third-order valence-corrected chi connectivity index (χ3v) is 4.41. The Balaban J connectivity index is 1.63. The van der Waals surface area contributed by atoms with Crippen molar-refractivity contribution in [1.82, 2.24) is 10.2 Å². The lowest BCUT2D eigenvalue weighted by atomic mass is 10.2. The van der Waals surface area contributed by atoms with Gasteiger partial charge in [-0.25, -0.2) is 0 Å². The summed E-state index contributed by atoms with van der Waals surface area (Å²) in [4.78, 5) is 26.0. The van der Waals surface area contributed by atoms with Crippen molar-refractivity contribution in [3.05, 3.63) is 47.2 Å². The first-order valence-electron chi connectivity index (χ1n) is 8.01. The number of nitrogens with one attached hydrogen (secondary N) is 1. The van der Waals surface area contributed by atoms with Gasteiger partial charge in [-0.05, 0) is 24.3 Å². The normalized spacial score (nSPS) is 17.1. The highest BCUT2D eigenvalue weighted by Crippen LogP contribution is 2.29. The third kappa shape index (κ3) is 4.03. The minimum absolute atomic E-state index is 0.0125. The number of carbonyl (C=O) groups excluding carboxylic acids is 2. The zero-order valence-electron chi connectivity index (χ0n) is 13.8. The van der Waals surface area contributed by atoms with Crippen LogP contribution in [0.3, 0.4) is 0 Å². The van der Waals surface area contributed by atoms with Crippen molar-refractivity contribution >= 4 is 23.4 Å². The summed E-state index contributed by atoms with van der Waals surface area (Å²) in [6.07, 6.45) is 0.285. The maximum Gasteiger partial charge on any atom is 0.287 e. The lowest BCUT2D eigenvalue weighted by Crippen LogP contribution is -2.37. The number of rotatable bonds is 6. The molecule has 0 bridgehead atoms. The fourth-order valence-corrected chi connectivity index (χ4v) is 3.04. The van der Waals surface area contributed by atoms with Gasteiger partial charge in [-0.3, -0.25) is 9.59 Å². The second-order valence-electron chi connectivity index (χ2n) is 5.85. The van der Waals surface area contributed by atoms with E-state index in [0.29, 0.717) is 30.5 Å². The first kappa shape index (κ1) is 17.5. The fraction of sp³-hybridized carbons (Fsp3) is 0.333. The van der Waals surface area contributed by atoms with Crippen molar-refractivity contribution < 1.29 is 18.7 Å². The van der Waals surface area contributed by atoms with Gasteiger partial charge in [0.25, 0.3) is 5.91 Å². The number of amides is 2. The molecular formula is C18H19ClN2O4. The molecule has 1 aliphatic heterocycles. The van der Waals surface area contributed by atoms with E-state index in [1.54, 1.807) is 30.2 Å². The van der Waals surface area contributed by atoms with Crippen LogP contribution in [0, 0.1) is 0 Å². The zero-order chi connectivity index (χ0) is 17.8. The standard InChI is InChI=1S/C18H19ClN2O4/c1-24-9-8-21-11-12(10-17(21)22)20-18(23)16-7-6-15(25-16)13-4-2-3-5-14(13)19/h2-7,12H,8-11H2,1H3,(H,20,23). The van der Waals surface area contributed by atoms with E-state index in [-0.39, 0.29) is 30.0 Å². The maximum atomic E-state index is 12.4. The van der Waals surface area contributed by atoms with Crippen LogP contribution in [-0.2, 0) is 9.53 Å². The predicted octanol–water partition coefficient (Wildman–Crippen LogP) is 2.58. The second-order valence-corrected chi connectivity index (χ2v) is 6.26. The van der Waals surface area contributed by atoms with Crippen molar-refractivity contribution in [2.75, 3.05) is 26.8 Å². The van der Waals surface area contributed by atoms with Crippen LogP contribution >= 0.6 is 11.6 Å². The van der Waals surface area contributed by atoms with Crippen molar-refractivity contribution in [3.8, 4) is 11.3 Å². The molecule has 1 unspecified atom stereocenters.